The highest BCUT2D eigenvalue weighted by Gasteiger charge is 2.43. The fourth-order valence-corrected chi connectivity index (χ4v) is 2.29. The van der Waals surface area contributed by atoms with Gasteiger partial charge in [0.2, 0.25) is 5.91 Å². The second kappa shape index (κ2) is 3.87. The Bertz CT molecular complexity index is 213. The third-order valence-corrected chi connectivity index (χ3v) is 3.35. The van der Waals surface area contributed by atoms with Gasteiger partial charge < -0.3 is 14.8 Å². The van der Waals surface area contributed by atoms with E-state index in [9.17, 15) is 4.79 Å². The van der Waals surface area contributed by atoms with Crippen LogP contribution in [0.15, 0.2) is 0 Å². The van der Waals surface area contributed by atoms with Gasteiger partial charge in [0.25, 0.3) is 0 Å². The van der Waals surface area contributed by atoms with Crippen LogP contribution in [-0.2, 0) is 14.3 Å². The quantitative estimate of drug-likeness (QED) is 0.696. The van der Waals surface area contributed by atoms with Crippen molar-refractivity contribution in [2.24, 2.45) is 5.92 Å². The Morgan fingerprint density at radius 2 is 2.50 bits per heavy atom. The highest BCUT2D eigenvalue weighted by molar-refractivity contribution is 5.78. The van der Waals surface area contributed by atoms with E-state index in [0.717, 1.165) is 26.1 Å². The number of hydrogen-bond acceptors (Lipinski definition) is 3. The molecule has 1 amide bonds. The lowest BCUT2D eigenvalue weighted by molar-refractivity contribution is -0.152. The lowest BCUT2D eigenvalue weighted by Crippen LogP contribution is -2.56. The predicted molar refractivity (Wildman–Crippen MR) is 50.9 cm³/mol. The number of carbonyl (C=O) groups is 1. The van der Waals surface area contributed by atoms with E-state index in [2.05, 4.69) is 12.2 Å². The molecule has 0 aliphatic carbocycles. The van der Waals surface area contributed by atoms with Crippen LogP contribution in [0.4, 0.5) is 0 Å². The van der Waals surface area contributed by atoms with Gasteiger partial charge in [-0.2, -0.15) is 0 Å². The lowest BCUT2D eigenvalue weighted by Gasteiger charge is -2.40. The molecule has 2 fully saturated rings. The van der Waals surface area contributed by atoms with E-state index in [1.165, 1.54) is 0 Å². The molecule has 2 saturated heterocycles. The molecule has 0 aromatic heterocycles. The minimum absolute atomic E-state index is 0.00649. The Morgan fingerprint density at radius 1 is 1.64 bits per heavy atom. The molecule has 1 N–H and O–H groups in total. The second-order valence-electron chi connectivity index (χ2n) is 4.04. The van der Waals surface area contributed by atoms with Crippen molar-refractivity contribution < 1.29 is 14.3 Å². The first-order valence-electron chi connectivity index (χ1n) is 5.25. The van der Waals surface area contributed by atoms with E-state index in [-0.39, 0.29) is 18.1 Å². The molecule has 0 radical (unpaired) electrons. The molecule has 0 aromatic carbocycles. The third-order valence-electron chi connectivity index (χ3n) is 3.35. The van der Waals surface area contributed by atoms with Crippen molar-refractivity contribution in [3.63, 3.8) is 0 Å². The molecule has 2 rings (SSSR count). The van der Waals surface area contributed by atoms with Crippen LogP contribution >= 0.6 is 0 Å². The summed E-state index contributed by atoms with van der Waals surface area (Å²) >= 11 is 0. The summed E-state index contributed by atoms with van der Waals surface area (Å²) in [4.78, 5) is 11.0. The molecule has 2 unspecified atom stereocenters. The van der Waals surface area contributed by atoms with E-state index >= 15 is 0 Å². The van der Waals surface area contributed by atoms with Gasteiger partial charge in [-0.3, -0.25) is 4.79 Å². The van der Waals surface area contributed by atoms with E-state index in [0.29, 0.717) is 12.5 Å². The average molecular weight is 199 g/mol. The monoisotopic (exact) mass is 199 g/mol. The largest absolute Gasteiger partial charge is 0.381 e. The molecule has 4 heteroatoms. The van der Waals surface area contributed by atoms with Gasteiger partial charge in [0.15, 0.2) is 0 Å². The van der Waals surface area contributed by atoms with Crippen molar-refractivity contribution >= 4 is 5.91 Å². The van der Waals surface area contributed by atoms with Crippen LogP contribution in [0, 0.1) is 5.92 Å². The second-order valence-corrected chi connectivity index (χ2v) is 4.04. The normalized spacial score (nSPS) is 38.4. The van der Waals surface area contributed by atoms with Crippen LogP contribution < -0.4 is 5.32 Å². The molecule has 0 saturated carbocycles. The Balaban J connectivity index is 2.05. The maximum atomic E-state index is 11.0. The zero-order valence-corrected chi connectivity index (χ0v) is 8.54. The maximum absolute atomic E-state index is 11.0. The number of rotatable bonds is 2. The number of morpholine rings is 1. The standard InChI is InChI=1S/C10H17NO3/c1-2-10(8-3-4-13-5-8)7-11-9(12)6-14-10/h8H,2-7H2,1H3,(H,11,12). The molecule has 2 aliphatic rings. The van der Waals surface area contributed by atoms with Gasteiger partial charge in [-0.1, -0.05) is 6.92 Å². The molecule has 2 aliphatic heterocycles. The molecule has 0 bridgehead atoms. The van der Waals surface area contributed by atoms with E-state index in [4.69, 9.17) is 9.47 Å². The topological polar surface area (TPSA) is 47.6 Å². The fraction of sp³-hybridized carbons (Fsp3) is 0.900. The smallest absolute Gasteiger partial charge is 0.246 e. The van der Waals surface area contributed by atoms with Gasteiger partial charge in [-0.15, -0.1) is 0 Å². The summed E-state index contributed by atoms with van der Waals surface area (Å²) in [6, 6.07) is 0. The van der Waals surface area contributed by atoms with Gasteiger partial charge in [0.05, 0.1) is 12.2 Å². The molecular weight excluding hydrogens is 182 g/mol. The van der Waals surface area contributed by atoms with Gasteiger partial charge in [-0.25, -0.2) is 0 Å². The van der Waals surface area contributed by atoms with E-state index < -0.39 is 0 Å². The molecule has 14 heavy (non-hydrogen) atoms. The SMILES string of the molecule is CCC1(C2CCOC2)CNC(=O)CO1. The minimum Gasteiger partial charge on any atom is -0.381 e. The summed E-state index contributed by atoms with van der Waals surface area (Å²) in [5, 5.41) is 2.88. The average Bonchev–Trinajstić information content (AvgIpc) is 2.73. The summed E-state index contributed by atoms with van der Waals surface area (Å²) in [5.74, 6) is 0.432. The Labute approximate surface area is 84.0 Å². The Kier molecular flexibility index (Phi) is 2.74. The highest BCUT2D eigenvalue weighted by Crippen LogP contribution is 2.33. The fourth-order valence-electron chi connectivity index (χ4n) is 2.29. The third kappa shape index (κ3) is 1.64. The molecule has 4 nitrogen and oxygen atoms in total. The predicted octanol–water partition coefficient (Wildman–Crippen LogP) is 0.318. The van der Waals surface area contributed by atoms with Crippen molar-refractivity contribution in [3.8, 4) is 0 Å². The summed E-state index contributed by atoms with van der Waals surface area (Å²) in [7, 11) is 0. The minimum atomic E-state index is -0.176. The van der Waals surface area contributed by atoms with Crippen molar-refractivity contribution in [2.75, 3.05) is 26.4 Å². The van der Waals surface area contributed by atoms with Crippen LogP contribution in [0.2, 0.25) is 0 Å². The number of nitrogens with one attached hydrogen (secondary N) is 1. The highest BCUT2D eigenvalue weighted by atomic mass is 16.5. The summed E-state index contributed by atoms with van der Waals surface area (Å²) in [6.45, 7) is 4.53. The molecular formula is C10H17NO3. The van der Waals surface area contributed by atoms with Gasteiger partial charge in [-0.05, 0) is 12.8 Å². The summed E-state index contributed by atoms with van der Waals surface area (Å²) < 4.78 is 11.1. The Morgan fingerprint density at radius 3 is 3.00 bits per heavy atom. The Hall–Kier alpha value is -0.610. The van der Waals surface area contributed by atoms with Crippen LogP contribution in [0.5, 0.6) is 0 Å². The molecule has 2 atom stereocenters. The van der Waals surface area contributed by atoms with Crippen molar-refractivity contribution in [3.05, 3.63) is 0 Å². The van der Waals surface area contributed by atoms with Gasteiger partial charge >= 0.3 is 0 Å². The molecule has 0 spiro atoms. The zero-order chi connectivity index (χ0) is 10.0. The van der Waals surface area contributed by atoms with E-state index in [1.807, 2.05) is 0 Å². The summed E-state index contributed by atoms with van der Waals surface area (Å²) in [6.07, 6.45) is 1.98. The first-order valence-corrected chi connectivity index (χ1v) is 5.25. The van der Waals surface area contributed by atoms with Crippen LogP contribution in [-0.4, -0.2) is 37.9 Å². The lowest BCUT2D eigenvalue weighted by atomic mass is 9.83. The summed E-state index contributed by atoms with van der Waals surface area (Å²) in [5.41, 5.74) is -0.176. The van der Waals surface area contributed by atoms with Crippen LogP contribution in [0.25, 0.3) is 0 Å². The van der Waals surface area contributed by atoms with Crippen LogP contribution in [0.1, 0.15) is 19.8 Å². The number of carbonyl (C=O) groups excluding carboxylic acids is 1. The van der Waals surface area contributed by atoms with Crippen LogP contribution in [0.3, 0.4) is 0 Å². The maximum Gasteiger partial charge on any atom is 0.246 e. The number of hydrogen-bond donors (Lipinski definition) is 1. The molecule has 80 valence electrons. The van der Waals surface area contributed by atoms with Gasteiger partial charge in [0, 0.05) is 19.1 Å². The molecule has 0 aromatic rings. The molecule has 2 heterocycles. The number of amides is 1. The van der Waals surface area contributed by atoms with Gasteiger partial charge in [0.1, 0.15) is 6.61 Å². The zero-order valence-electron chi connectivity index (χ0n) is 8.54. The first kappa shape index (κ1) is 9.93. The van der Waals surface area contributed by atoms with Crippen molar-refractivity contribution in [2.45, 2.75) is 25.4 Å². The number of ether oxygens (including phenoxy) is 2. The van der Waals surface area contributed by atoms with Crippen molar-refractivity contribution in [1.29, 1.82) is 0 Å². The van der Waals surface area contributed by atoms with E-state index in [1.54, 1.807) is 0 Å². The van der Waals surface area contributed by atoms with Crippen molar-refractivity contribution in [1.82, 2.24) is 5.32 Å². The first-order chi connectivity index (χ1) is 6.77.